The molecule has 1 aromatic carbocycles. The third-order valence-corrected chi connectivity index (χ3v) is 1.93. The topological polar surface area (TPSA) is 18.5 Å². The van der Waals surface area contributed by atoms with E-state index in [2.05, 4.69) is 6.92 Å². The van der Waals surface area contributed by atoms with Crippen molar-refractivity contribution in [3.63, 3.8) is 0 Å². The van der Waals surface area contributed by atoms with Crippen molar-refractivity contribution in [1.29, 1.82) is 0 Å². The average molecular weight is 206 g/mol. The molecule has 0 saturated heterocycles. The first kappa shape index (κ1) is 11.6. The van der Waals surface area contributed by atoms with Crippen molar-refractivity contribution in [3.05, 3.63) is 36.6 Å². The Morgan fingerprint density at radius 3 is 2.40 bits per heavy atom. The molecule has 0 aromatic heterocycles. The van der Waals surface area contributed by atoms with Crippen LogP contribution in [0.1, 0.15) is 26.7 Å². The smallest absolute Gasteiger partial charge is 0.126 e. The fourth-order valence-corrected chi connectivity index (χ4v) is 1.10. The van der Waals surface area contributed by atoms with Crippen LogP contribution in [0.4, 0.5) is 0 Å². The summed E-state index contributed by atoms with van der Waals surface area (Å²) in [4.78, 5) is 0. The van der Waals surface area contributed by atoms with E-state index in [0.29, 0.717) is 0 Å². The third-order valence-electron chi connectivity index (χ3n) is 1.93. The standard InChI is InChI=1S/C13H18O2/c1-3-5-11-15-13-8-6-12(7-9-13)14-10-4-2/h4,6-10H,3,5,11H2,1-2H3. The molecular formula is C13H18O2. The molecule has 0 fully saturated rings. The van der Waals surface area contributed by atoms with Gasteiger partial charge in [0, 0.05) is 0 Å². The zero-order valence-corrected chi connectivity index (χ0v) is 9.40. The van der Waals surface area contributed by atoms with E-state index in [-0.39, 0.29) is 0 Å². The normalized spacial score (nSPS) is 10.5. The first-order chi connectivity index (χ1) is 7.36. The molecule has 15 heavy (non-hydrogen) atoms. The van der Waals surface area contributed by atoms with E-state index >= 15 is 0 Å². The van der Waals surface area contributed by atoms with Gasteiger partial charge in [0.1, 0.15) is 11.5 Å². The Bertz CT molecular complexity index is 288. The van der Waals surface area contributed by atoms with Gasteiger partial charge in [0.05, 0.1) is 12.9 Å². The second-order valence-corrected chi connectivity index (χ2v) is 3.26. The van der Waals surface area contributed by atoms with E-state index in [1.165, 1.54) is 0 Å². The Morgan fingerprint density at radius 2 is 1.80 bits per heavy atom. The molecule has 0 aliphatic rings. The van der Waals surface area contributed by atoms with E-state index in [9.17, 15) is 0 Å². The van der Waals surface area contributed by atoms with Crippen molar-refractivity contribution in [2.45, 2.75) is 26.7 Å². The van der Waals surface area contributed by atoms with Gasteiger partial charge in [-0.2, -0.15) is 0 Å². The molecule has 0 amide bonds. The number of ether oxygens (including phenoxy) is 2. The van der Waals surface area contributed by atoms with Gasteiger partial charge in [-0.1, -0.05) is 19.4 Å². The molecule has 0 aliphatic heterocycles. The first-order valence-electron chi connectivity index (χ1n) is 5.37. The van der Waals surface area contributed by atoms with Crippen molar-refractivity contribution in [2.75, 3.05) is 6.61 Å². The van der Waals surface area contributed by atoms with E-state index in [1.54, 1.807) is 6.26 Å². The van der Waals surface area contributed by atoms with E-state index in [1.807, 2.05) is 37.3 Å². The van der Waals surface area contributed by atoms with Gasteiger partial charge in [0.15, 0.2) is 0 Å². The van der Waals surface area contributed by atoms with Crippen molar-refractivity contribution in [3.8, 4) is 11.5 Å². The maximum atomic E-state index is 5.53. The second-order valence-electron chi connectivity index (χ2n) is 3.26. The van der Waals surface area contributed by atoms with Crippen LogP contribution in [0.15, 0.2) is 36.6 Å². The predicted molar refractivity (Wildman–Crippen MR) is 62.3 cm³/mol. The highest BCUT2D eigenvalue weighted by Gasteiger charge is 1.94. The summed E-state index contributed by atoms with van der Waals surface area (Å²) in [5.41, 5.74) is 0. The summed E-state index contributed by atoms with van der Waals surface area (Å²) in [7, 11) is 0. The zero-order valence-electron chi connectivity index (χ0n) is 9.40. The van der Waals surface area contributed by atoms with Gasteiger partial charge in [0.25, 0.3) is 0 Å². The Balaban J connectivity index is 2.41. The summed E-state index contributed by atoms with van der Waals surface area (Å²) >= 11 is 0. The number of hydrogen-bond acceptors (Lipinski definition) is 2. The molecule has 2 heteroatoms. The lowest BCUT2D eigenvalue weighted by Gasteiger charge is -2.05. The summed E-state index contributed by atoms with van der Waals surface area (Å²) in [6, 6.07) is 7.66. The van der Waals surface area contributed by atoms with Crippen LogP contribution >= 0.6 is 0 Å². The molecule has 0 aliphatic carbocycles. The summed E-state index contributed by atoms with van der Waals surface area (Å²) < 4.78 is 10.8. The largest absolute Gasteiger partial charge is 0.494 e. The minimum atomic E-state index is 0.783. The molecule has 0 atom stereocenters. The highest BCUT2D eigenvalue weighted by molar-refractivity contribution is 5.31. The van der Waals surface area contributed by atoms with Crippen LogP contribution < -0.4 is 9.47 Å². The Kier molecular flexibility index (Phi) is 5.38. The summed E-state index contributed by atoms with van der Waals surface area (Å²) in [6.07, 6.45) is 5.76. The lowest BCUT2D eigenvalue weighted by Crippen LogP contribution is -1.95. The highest BCUT2D eigenvalue weighted by atomic mass is 16.5. The summed E-state index contributed by atoms with van der Waals surface area (Å²) in [5, 5.41) is 0. The Hall–Kier alpha value is -1.44. The lowest BCUT2D eigenvalue weighted by atomic mass is 10.3. The van der Waals surface area contributed by atoms with Crippen LogP contribution in [-0.4, -0.2) is 6.61 Å². The number of hydrogen-bond donors (Lipinski definition) is 0. The van der Waals surface area contributed by atoms with E-state index in [0.717, 1.165) is 30.9 Å². The number of benzene rings is 1. The monoisotopic (exact) mass is 206 g/mol. The van der Waals surface area contributed by atoms with Gasteiger partial charge in [-0.3, -0.25) is 0 Å². The molecule has 2 nitrogen and oxygen atoms in total. The minimum absolute atomic E-state index is 0.783. The van der Waals surface area contributed by atoms with Gasteiger partial charge < -0.3 is 9.47 Å². The quantitative estimate of drug-likeness (QED) is 0.521. The van der Waals surface area contributed by atoms with Gasteiger partial charge >= 0.3 is 0 Å². The Labute approximate surface area is 91.5 Å². The van der Waals surface area contributed by atoms with E-state index in [4.69, 9.17) is 9.47 Å². The van der Waals surface area contributed by atoms with Crippen LogP contribution in [0.25, 0.3) is 0 Å². The van der Waals surface area contributed by atoms with E-state index < -0.39 is 0 Å². The number of rotatable bonds is 6. The van der Waals surface area contributed by atoms with Gasteiger partial charge in [-0.25, -0.2) is 0 Å². The fourth-order valence-electron chi connectivity index (χ4n) is 1.10. The van der Waals surface area contributed by atoms with Crippen molar-refractivity contribution >= 4 is 0 Å². The highest BCUT2D eigenvalue weighted by Crippen LogP contribution is 2.17. The van der Waals surface area contributed by atoms with Crippen molar-refractivity contribution in [1.82, 2.24) is 0 Å². The average Bonchev–Trinajstić information content (AvgIpc) is 2.28. The molecule has 1 aromatic rings. The minimum Gasteiger partial charge on any atom is -0.494 e. The molecule has 0 heterocycles. The molecule has 0 radical (unpaired) electrons. The molecule has 0 N–H and O–H groups in total. The predicted octanol–water partition coefficient (Wildman–Crippen LogP) is 3.78. The Morgan fingerprint density at radius 1 is 1.13 bits per heavy atom. The summed E-state index contributed by atoms with van der Waals surface area (Å²) in [5.74, 6) is 1.73. The molecule has 0 bridgehead atoms. The fraction of sp³-hybridized carbons (Fsp3) is 0.385. The third kappa shape index (κ3) is 4.54. The molecule has 82 valence electrons. The summed E-state index contributed by atoms with van der Waals surface area (Å²) in [6.45, 7) is 4.85. The number of allylic oxidation sites excluding steroid dienone is 1. The van der Waals surface area contributed by atoms with Gasteiger partial charge in [-0.05, 0) is 37.6 Å². The van der Waals surface area contributed by atoms with Crippen LogP contribution in [-0.2, 0) is 0 Å². The molecule has 0 saturated carbocycles. The van der Waals surface area contributed by atoms with Gasteiger partial charge in [-0.15, -0.1) is 0 Å². The van der Waals surface area contributed by atoms with Crippen LogP contribution in [0, 0.1) is 0 Å². The van der Waals surface area contributed by atoms with Crippen LogP contribution in [0.2, 0.25) is 0 Å². The van der Waals surface area contributed by atoms with Crippen LogP contribution in [0.3, 0.4) is 0 Å². The SMILES string of the molecule is CC=COc1ccc(OCCCC)cc1. The van der Waals surface area contributed by atoms with Gasteiger partial charge in [0.2, 0.25) is 0 Å². The van der Waals surface area contributed by atoms with Crippen molar-refractivity contribution in [2.24, 2.45) is 0 Å². The number of unbranched alkanes of at least 4 members (excludes halogenated alkanes) is 1. The first-order valence-corrected chi connectivity index (χ1v) is 5.37. The maximum absolute atomic E-state index is 5.53. The van der Waals surface area contributed by atoms with Crippen molar-refractivity contribution < 1.29 is 9.47 Å². The molecule has 0 spiro atoms. The maximum Gasteiger partial charge on any atom is 0.126 e. The molecule has 0 unspecified atom stereocenters. The lowest BCUT2D eigenvalue weighted by molar-refractivity contribution is 0.309. The van der Waals surface area contributed by atoms with Crippen LogP contribution in [0.5, 0.6) is 11.5 Å². The molecule has 1 rings (SSSR count). The molecular weight excluding hydrogens is 188 g/mol. The second kappa shape index (κ2) is 6.93. The zero-order chi connectivity index (χ0) is 10.9.